The molecule has 1 saturated carbocycles. The first-order chi connectivity index (χ1) is 14.9. The van der Waals surface area contributed by atoms with E-state index in [4.69, 9.17) is 4.74 Å². The molecule has 0 spiro atoms. The van der Waals surface area contributed by atoms with Crippen molar-refractivity contribution >= 4 is 28.8 Å². The van der Waals surface area contributed by atoms with Crippen LogP contribution in [-0.2, 0) is 9.59 Å². The zero-order chi connectivity index (χ0) is 21.9. The number of allylic oxidation sites excluding steroid dienone is 4. The quantitative estimate of drug-likeness (QED) is 0.325. The molecule has 7 heteroatoms. The van der Waals surface area contributed by atoms with Crippen molar-refractivity contribution in [2.75, 3.05) is 12.0 Å². The summed E-state index contributed by atoms with van der Waals surface area (Å²) in [5.41, 5.74) is 2.93. The largest absolute Gasteiger partial charge is 0.496 e. The molecule has 2 fully saturated rings. The van der Waals surface area contributed by atoms with Gasteiger partial charge in [0, 0.05) is 11.8 Å². The molecule has 0 radical (unpaired) electrons. The molecule has 2 aromatic rings. The van der Waals surface area contributed by atoms with Crippen LogP contribution in [-0.4, -0.2) is 23.8 Å². The summed E-state index contributed by atoms with van der Waals surface area (Å²) in [5.74, 6) is -1.87. The lowest BCUT2D eigenvalue weighted by Gasteiger charge is -2.20. The first-order valence-electron chi connectivity index (χ1n) is 10.1. The summed E-state index contributed by atoms with van der Waals surface area (Å²) in [5, 5.41) is 11.6. The summed E-state index contributed by atoms with van der Waals surface area (Å²) in [6.45, 7) is 2.03. The number of carbonyl (C=O) groups excluding carboxylic acids is 2. The smallest absolute Gasteiger partial charge is 0.297 e. The molecule has 31 heavy (non-hydrogen) atoms. The van der Waals surface area contributed by atoms with Crippen LogP contribution in [0.15, 0.2) is 66.3 Å². The number of hydrogen-bond acceptors (Lipinski definition) is 5. The molecule has 0 unspecified atom stereocenters. The number of rotatable bonds is 4. The number of anilines is 1. The molecule has 2 amide bonds. The Hall–Kier alpha value is -3.74. The number of methoxy groups -OCH3 is 1. The lowest BCUT2D eigenvalue weighted by molar-refractivity contribution is -0.384. The molecule has 7 nitrogen and oxygen atoms in total. The Morgan fingerprint density at radius 2 is 1.61 bits per heavy atom. The molecule has 0 N–H and O–H groups in total. The molecule has 2 aliphatic carbocycles. The van der Waals surface area contributed by atoms with E-state index in [0.717, 1.165) is 21.6 Å². The lowest BCUT2D eigenvalue weighted by atomic mass is 9.85. The van der Waals surface area contributed by atoms with Crippen LogP contribution in [0.5, 0.6) is 5.75 Å². The number of hydrogen-bond donors (Lipinski definition) is 0. The fourth-order valence-electron chi connectivity index (χ4n) is 5.32. The molecule has 2 aromatic carbocycles. The van der Waals surface area contributed by atoms with Crippen LogP contribution in [0, 0.1) is 33.8 Å². The molecule has 1 heterocycles. The molecule has 1 aliphatic heterocycles. The van der Waals surface area contributed by atoms with Gasteiger partial charge in [0.2, 0.25) is 11.8 Å². The summed E-state index contributed by atoms with van der Waals surface area (Å²) in [4.78, 5) is 38.9. The molecule has 3 aliphatic rings. The van der Waals surface area contributed by atoms with Crippen molar-refractivity contribution in [3.05, 3.63) is 81.9 Å². The summed E-state index contributed by atoms with van der Waals surface area (Å²) in [6, 6.07) is 14.1. The van der Waals surface area contributed by atoms with E-state index in [1.807, 2.05) is 49.4 Å². The predicted molar refractivity (Wildman–Crippen MR) is 114 cm³/mol. The monoisotopic (exact) mass is 416 g/mol. The zero-order valence-electron chi connectivity index (χ0n) is 17.0. The first-order valence-corrected chi connectivity index (χ1v) is 10.1. The van der Waals surface area contributed by atoms with Crippen LogP contribution in [0.4, 0.5) is 11.4 Å². The lowest BCUT2D eigenvalue weighted by Crippen LogP contribution is -2.33. The summed E-state index contributed by atoms with van der Waals surface area (Å²) < 4.78 is 5.07. The van der Waals surface area contributed by atoms with E-state index in [1.165, 1.54) is 25.3 Å². The summed E-state index contributed by atoms with van der Waals surface area (Å²) in [6.07, 6.45) is 4.01. The normalized spacial score (nSPS) is 25.9. The molecule has 1 saturated heterocycles. The molecular weight excluding hydrogens is 396 g/mol. The minimum Gasteiger partial charge on any atom is -0.496 e. The number of nitro benzene ring substituents is 1. The number of ether oxygens (including phenoxy) is 1. The van der Waals surface area contributed by atoms with E-state index in [9.17, 15) is 19.7 Å². The second kappa shape index (κ2) is 6.91. The summed E-state index contributed by atoms with van der Waals surface area (Å²) >= 11 is 0. The Balaban J connectivity index is 1.56. The number of nitro groups is 1. The molecule has 0 aromatic heterocycles. The van der Waals surface area contributed by atoms with E-state index in [2.05, 4.69) is 0 Å². The zero-order valence-corrected chi connectivity index (χ0v) is 17.0. The highest BCUT2D eigenvalue weighted by Gasteiger charge is 2.62. The van der Waals surface area contributed by atoms with Crippen molar-refractivity contribution in [1.29, 1.82) is 0 Å². The topological polar surface area (TPSA) is 89.8 Å². The minimum atomic E-state index is -0.593. The molecule has 2 bridgehead atoms. The SMILES string of the molecule is COc1ccc(N2C(=O)[C@@H]3[C@@H](C2=O)[C@H]2C=C[C@H]3C2=C(C)c2ccccc2)c([N+](=O)[O-])c1. The van der Waals surface area contributed by atoms with Crippen molar-refractivity contribution in [3.63, 3.8) is 0 Å². The van der Waals surface area contributed by atoms with Crippen LogP contribution >= 0.6 is 0 Å². The third-order valence-corrected chi connectivity index (χ3v) is 6.68. The Kier molecular flexibility index (Phi) is 4.28. The Morgan fingerprint density at radius 1 is 1.00 bits per heavy atom. The maximum atomic E-state index is 13.4. The highest BCUT2D eigenvalue weighted by molar-refractivity contribution is 6.24. The van der Waals surface area contributed by atoms with Crippen LogP contribution in [0.3, 0.4) is 0 Å². The Morgan fingerprint density at radius 3 is 2.16 bits per heavy atom. The van der Waals surface area contributed by atoms with E-state index in [1.54, 1.807) is 0 Å². The van der Waals surface area contributed by atoms with Crippen molar-refractivity contribution in [2.24, 2.45) is 23.7 Å². The Bertz CT molecular complexity index is 1150. The van der Waals surface area contributed by atoms with Gasteiger partial charge in [0.15, 0.2) is 0 Å². The number of benzene rings is 2. The number of carbonyl (C=O) groups is 2. The van der Waals surface area contributed by atoms with Gasteiger partial charge in [0.1, 0.15) is 11.4 Å². The van der Waals surface area contributed by atoms with E-state index >= 15 is 0 Å². The fraction of sp³-hybridized carbons (Fsp3) is 0.250. The van der Waals surface area contributed by atoms with Crippen molar-refractivity contribution in [3.8, 4) is 5.75 Å². The van der Waals surface area contributed by atoms with E-state index < -0.39 is 16.8 Å². The van der Waals surface area contributed by atoms with E-state index in [-0.39, 0.29) is 35.0 Å². The number of fused-ring (bicyclic) bond motifs is 5. The highest BCUT2D eigenvalue weighted by Crippen LogP contribution is 2.58. The maximum absolute atomic E-state index is 13.4. The fourth-order valence-corrected chi connectivity index (χ4v) is 5.32. The average molecular weight is 416 g/mol. The number of amides is 2. The highest BCUT2D eigenvalue weighted by atomic mass is 16.6. The van der Waals surface area contributed by atoms with Gasteiger partial charge in [-0.2, -0.15) is 0 Å². The van der Waals surface area contributed by atoms with Crippen LogP contribution < -0.4 is 9.64 Å². The predicted octanol–water partition coefficient (Wildman–Crippen LogP) is 4.00. The van der Waals surface area contributed by atoms with Gasteiger partial charge in [0.25, 0.3) is 5.69 Å². The number of nitrogens with zero attached hydrogens (tertiary/aromatic N) is 2. The third-order valence-electron chi connectivity index (χ3n) is 6.68. The second-order valence-electron chi connectivity index (χ2n) is 8.06. The molecule has 156 valence electrons. The van der Waals surface area contributed by atoms with Gasteiger partial charge < -0.3 is 4.74 Å². The first kappa shape index (κ1) is 19.2. The van der Waals surface area contributed by atoms with Crippen LogP contribution in [0.1, 0.15) is 12.5 Å². The van der Waals surface area contributed by atoms with Crippen molar-refractivity contribution in [1.82, 2.24) is 0 Å². The van der Waals surface area contributed by atoms with Crippen molar-refractivity contribution in [2.45, 2.75) is 6.92 Å². The van der Waals surface area contributed by atoms with Gasteiger partial charge in [0.05, 0.1) is 29.9 Å². The van der Waals surface area contributed by atoms with Gasteiger partial charge in [-0.15, -0.1) is 0 Å². The van der Waals surface area contributed by atoms with Gasteiger partial charge >= 0.3 is 0 Å². The van der Waals surface area contributed by atoms with Gasteiger partial charge in [-0.25, -0.2) is 4.90 Å². The Labute approximate surface area is 178 Å². The summed E-state index contributed by atoms with van der Waals surface area (Å²) in [7, 11) is 1.40. The maximum Gasteiger partial charge on any atom is 0.297 e. The van der Waals surface area contributed by atoms with E-state index in [0.29, 0.717) is 5.75 Å². The van der Waals surface area contributed by atoms with Crippen LogP contribution in [0.2, 0.25) is 0 Å². The van der Waals surface area contributed by atoms with Crippen LogP contribution in [0.25, 0.3) is 5.57 Å². The second-order valence-corrected chi connectivity index (χ2v) is 8.06. The van der Waals surface area contributed by atoms with Gasteiger partial charge in [-0.3, -0.25) is 19.7 Å². The standard InChI is InChI=1S/C24H20N2O5/c1-13(14-6-4-3-5-7-14)20-16-9-10-17(20)22-21(16)23(27)25(24(22)28)18-11-8-15(31-2)12-19(18)26(29)30/h3-12,16-17,21-22H,1-2H3/t16-,17-,21-,22-/m0/s1. The van der Waals surface area contributed by atoms with Gasteiger partial charge in [-0.05, 0) is 30.2 Å². The van der Waals surface area contributed by atoms with Crippen molar-refractivity contribution < 1.29 is 19.2 Å². The molecule has 4 atom stereocenters. The number of imide groups is 1. The molecular formula is C24H20N2O5. The molecule has 5 rings (SSSR count). The van der Waals surface area contributed by atoms with Gasteiger partial charge in [-0.1, -0.05) is 48.1 Å². The minimum absolute atomic E-state index is 0.0000825. The average Bonchev–Trinajstić information content (AvgIpc) is 3.43. The third kappa shape index (κ3) is 2.66.